The predicted octanol–water partition coefficient (Wildman–Crippen LogP) is 16.1. The molecule has 0 fully saturated rings. The number of aliphatic hydroxyl groups excluding tert-OH is 1. The summed E-state index contributed by atoms with van der Waals surface area (Å²) in [7, 11) is 4.08. The second kappa shape index (κ2) is 52.1. The van der Waals surface area contributed by atoms with Gasteiger partial charge in [-0.25, -0.2) is 0 Å². The van der Waals surface area contributed by atoms with Gasteiger partial charge in [0.1, 0.15) is 0 Å². The van der Waals surface area contributed by atoms with E-state index in [1.165, 1.54) is 213 Å². The molecule has 0 bridgehead atoms. The van der Waals surface area contributed by atoms with Crippen molar-refractivity contribution >= 4 is 17.3 Å². The topological polar surface area (TPSA) is 167 Å². The monoisotopic (exact) mass is 1060 g/mol. The first-order valence-corrected chi connectivity index (χ1v) is 30.8. The second-order valence-corrected chi connectivity index (χ2v) is 21.2. The van der Waals surface area contributed by atoms with E-state index in [0.717, 1.165) is 57.8 Å². The number of ether oxygens (including phenoxy) is 6. The number of rotatable bonds is 59. The van der Waals surface area contributed by atoms with Crippen molar-refractivity contribution in [1.82, 2.24) is 0 Å². The summed E-state index contributed by atoms with van der Waals surface area (Å²) in [6.45, 7) is 3.90. The van der Waals surface area contributed by atoms with Gasteiger partial charge in [0.05, 0.1) is 6.61 Å². The van der Waals surface area contributed by atoms with Crippen molar-refractivity contribution < 1.29 is 58.1 Å². The summed E-state index contributed by atoms with van der Waals surface area (Å²) in [5, 5.41) is 36.4. The van der Waals surface area contributed by atoms with Crippen LogP contribution in [0.2, 0.25) is 0 Å². The minimum absolute atomic E-state index is 0.335. The van der Waals surface area contributed by atoms with E-state index in [0.29, 0.717) is 38.5 Å². The van der Waals surface area contributed by atoms with Gasteiger partial charge in [0, 0.05) is 21.3 Å². The molecule has 12 nitrogen and oxygen atoms in total. The number of Topliss-reactive ketones (excluding diaryl/α,β-unsaturated/α-hetero) is 3. The summed E-state index contributed by atoms with van der Waals surface area (Å²) in [4.78, 5) is 44.6. The zero-order valence-corrected chi connectivity index (χ0v) is 49.3. The number of methoxy groups -OCH3 is 3. The third kappa shape index (κ3) is 34.8. The summed E-state index contributed by atoms with van der Waals surface area (Å²) in [6.07, 6.45) is 50.8. The normalized spacial score (nSPS) is 14.0. The molecule has 1 atom stereocenters. The smallest absolute Gasteiger partial charge is 0.240 e. The van der Waals surface area contributed by atoms with Gasteiger partial charge in [-0.3, -0.25) is 14.4 Å². The highest BCUT2D eigenvalue weighted by Gasteiger charge is 2.66. The van der Waals surface area contributed by atoms with Crippen molar-refractivity contribution in [3.63, 3.8) is 0 Å². The molecular weight excluding hydrogens is 949 g/mol. The van der Waals surface area contributed by atoms with Crippen molar-refractivity contribution in [1.29, 1.82) is 0 Å². The van der Waals surface area contributed by atoms with Gasteiger partial charge in [-0.1, -0.05) is 252 Å². The molecule has 0 spiro atoms. The SMILES string of the molecule is CCCCCCCCCCCCCCCC=C(OCOC)C(=O)C(O)(CO)C(O)(C(=O)C(=CCCCCCCCCCCCCCCC)OCOC)C(=O)C(=CCCCCCCCCCCCCCCC)OCOC. The molecule has 1 unspecified atom stereocenters. The molecule has 0 aromatic heterocycles. The Kier molecular flexibility index (Phi) is 50.3. The summed E-state index contributed by atoms with van der Waals surface area (Å²) < 4.78 is 32.6. The number of hydrogen-bond donors (Lipinski definition) is 3. The van der Waals surface area contributed by atoms with Gasteiger partial charge >= 0.3 is 0 Å². The maximum Gasteiger partial charge on any atom is 0.240 e. The Bertz CT molecular complexity index is 1380. The Morgan fingerprint density at radius 3 is 0.733 bits per heavy atom. The van der Waals surface area contributed by atoms with Crippen LogP contribution in [0.5, 0.6) is 0 Å². The lowest BCUT2D eigenvalue weighted by Crippen LogP contribution is -2.70. The van der Waals surface area contributed by atoms with Crippen LogP contribution in [-0.2, 0) is 42.8 Å². The lowest BCUT2D eigenvalue weighted by atomic mass is 9.72. The first kappa shape index (κ1) is 72.4. The number of carbonyl (C=O) groups excluding carboxylic acids is 3. The molecule has 0 rings (SSSR count). The molecule has 0 saturated carbocycles. The van der Waals surface area contributed by atoms with Crippen LogP contribution in [0, 0.1) is 0 Å². The molecule has 0 amide bonds. The molecule has 0 radical (unpaired) electrons. The molecule has 3 N–H and O–H groups in total. The number of aliphatic hydroxyl groups is 3. The first-order chi connectivity index (χ1) is 36.6. The van der Waals surface area contributed by atoms with Gasteiger partial charge in [0.15, 0.2) is 43.3 Å². The molecular formula is C63H116O12. The largest absolute Gasteiger partial charge is 0.464 e. The van der Waals surface area contributed by atoms with Crippen molar-refractivity contribution in [3.8, 4) is 0 Å². The van der Waals surface area contributed by atoms with E-state index in [2.05, 4.69) is 20.8 Å². The minimum Gasteiger partial charge on any atom is -0.464 e. The van der Waals surface area contributed by atoms with Crippen LogP contribution >= 0.6 is 0 Å². The number of hydrogen-bond acceptors (Lipinski definition) is 12. The highest BCUT2D eigenvalue weighted by molar-refractivity contribution is 6.26. The lowest BCUT2D eigenvalue weighted by Gasteiger charge is -2.39. The van der Waals surface area contributed by atoms with Gasteiger partial charge in [0.25, 0.3) is 0 Å². The molecule has 0 aliphatic heterocycles. The number of unbranched alkanes of at least 4 members (excludes halogenated alkanes) is 39. The summed E-state index contributed by atoms with van der Waals surface area (Å²) >= 11 is 0. The van der Waals surface area contributed by atoms with Gasteiger partial charge in [0.2, 0.25) is 23.0 Å². The third-order valence-corrected chi connectivity index (χ3v) is 14.4. The average molecular weight is 1070 g/mol. The van der Waals surface area contributed by atoms with E-state index in [-0.39, 0.29) is 0 Å². The summed E-state index contributed by atoms with van der Waals surface area (Å²) in [5.41, 5.74) is -7.12. The molecule has 0 aromatic rings. The average Bonchev–Trinajstić information content (AvgIpc) is 3.42. The highest BCUT2D eigenvalue weighted by Crippen LogP contribution is 2.35. The van der Waals surface area contributed by atoms with Crippen molar-refractivity contribution in [3.05, 3.63) is 35.5 Å². The highest BCUT2D eigenvalue weighted by atomic mass is 16.7. The lowest BCUT2D eigenvalue weighted by molar-refractivity contribution is -0.194. The Balaban J connectivity index is 6.42. The fraction of sp³-hybridized carbons (Fsp3) is 0.857. The molecule has 0 aliphatic carbocycles. The molecule has 0 saturated heterocycles. The van der Waals surface area contributed by atoms with Crippen LogP contribution in [0.4, 0.5) is 0 Å². The van der Waals surface area contributed by atoms with Gasteiger partial charge in [-0.2, -0.15) is 0 Å². The summed E-state index contributed by atoms with van der Waals surface area (Å²) in [6, 6.07) is 0. The second-order valence-electron chi connectivity index (χ2n) is 21.2. The Labute approximate surface area is 459 Å². The predicted molar refractivity (Wildman–Crippen MR) is 306 cm³/mol. The maximum absolute atomic E-state index is 15.0. The van der Waals surface area contributed by atoms with Crippen molar-refractivity contribution in [2.75, 3.05) is 48.3 Å². The fourth-order valence-corrected chi connectivity index (χ4v) is 9.59. The van der Waals surface area contributed by atoms with E-state index in [1.54, 1.807) is 0 Å². The summed E-state index contributed by atoms with van der Waals surface area (Å²) in [5.74, 6) is -5.68. The van der Waals surface area contributed by atoms with Crippen LogP contribution in [0.15, 0.2) is 35.5 Å². The fourth-order valence-electron chi connectivity index (χ4n) is 9.59. The standard InChI is InChI=1S/C63H116O12/c1-7-10-13-16-19-22-25-28-31-34-37-40-43-46-49-56(73-53-70-4)59(65)62(68,52-64)63(69,60(66)57(74-54-71-5)50-47-44-41-38-35-32-29-26-23-20-17-14-11-8-2)61(67)58(75-55-72-6)51-48-45-42-39-36-33-30-27-24-21-18-15-12-9-3/h49-51,64,68-69H,7-48,52-55H2,1-6H3. The molecule has 75 heavy (non-hydrogen) atoms. The van der Waals surface area contributed by atoms with Gasteiger partial charge < -0.3 is 43.7 Å². The van der Waals surface area contributed by atoms with Crippen molar-refractivity contribution in [2.45, 2.75) is 302 Å². The van der Waals surface area contributed by atoms with E-state index >= 15 is 0 Å². The Hall–Kier alpha value is -2.61. The maximum atomic E-state index is 15.0. The van der Waals surface area contributed by atoms with E-state index in [9.17, 15) is 29.7 Å². The van der Waals surface area contributed by atoms with Gasteiger partial charge in [-0.05, 0) is 56.8 Å². The molecule has 0 heterocycles. The van der Waals surface area contributed by atoms with Crippen LogP contribution in [0.25, 0.3) is 0 Å². The number of carbonyl (C=O) groups is 3. The van der Waals surface area contributed by atoms with Crippen LogP contribution in [0.3, 0.4) is 0 Å². The Morgan fingerprint density at radius 1 is 0.333 bits per heavy atom. The van der Waals surface area contributed by atoms with Gasteiger partial charge in [-0.15, -0.1) is 0 Å². The first-order valence-electron chi connectivity index (χ1n) is 30.8. The molecule has 0 aliphatic rings. The van der Waals surface area contributed by atoms with Crippen LogP contribution < -0.4 is 0 Å². The number of ketones is 3. The number of allylic oxidation sites excluding steroid dienone is 3. The van der Waals surface area contributed by atoms with E-state index in [4.69, 9.17) is 28.4 Å². The molecule has 12 heteroatoms. The molecule has 0 aromatic carbocycles. The minimum atomic E-state index is -3.66. The van der Waals surface area contributed by atoms with E-state index in [1.807, 2.05) is 0 Å². The zero-order valence-electron chi connectivity index (χ0n) is 49.3. The quantitative estimate of drug-likeness (QED) is 0.0174. The zero-order chi connectivity index (χ0) is 55.4. The third-order valence-electron chi connectivity index (χ3n) is 14.4. The molecule has 440 valence electrons. The van der Waals surface area contributed by atoms with Crippen LogP contribution in [-0.4, -0.2) is 92.2 Å². The Morgan fingerprint density at radius 2 is 0.533 bits per heavy atom. The van der Waals surface area contributed by atoms with Crippen LogP contribution in [0.1, 0.15) is 290 Å². The van der Waals surface area contributed by atoms with E-state index < -0.39 is 72.8 Å². The van der Waals surface area contributed by atoms with Crippen molar-refractivity contribution in [2.24, 2.45) is 0 Å².